The Balaban J connectivity index is 1.91. The number of ether oxygens (including phenoxy) is 1. The molecule has 2 aliphatic rings. The molecule has 0 saturated carbocycles. The van der Waals surface area contributed by atoms with E-state index in [4.69, 9.17) is 16.3 Å². The van der Waals surface area contributed by atoms with Gasteiger partial charge in [0.2, 0.25) is 26.6 Å². The van der Waals surface area contributed by atoms with E-state index in [9.17, 15) is 18.0 Å². The Labute approximate surface area is 211 Å². The number of sulfone groups is 1. The maximum Gasteiger partial charge on any atom is 0.246 e. The van der Waals surface area contributed by atoms with E-state index < -0.39 is 20.9 Å². The SMILES string of the molecule is COc1cc(C)ccc1S(=O)(=O)C12CN(C(C)C)C(=O)C(Cc3ccc(Cl)cc3)N1C(=O)CCN2. The van der Waals surface area contributed by atoms with Gasteiger partial charge in [0.05, 0.1) is 13.7 Å². The summed E-state index contributed by atoms with van der Waals surface area (Å²) >= 11 is 6.03. The molecule has 0 spiro atoms. The fourth-order valence-electron chi connectivity index (χ4n) is 4.89. The number of hydrogen-bond donors (Lipinski definition) is 1. The summed E-state index contributed by atoms with van der Waals surface area (Å²) in [6, 6.07) is 10.6. The lowest BCUT2D eigenvalue weighted by Crippen LogP contribution is -2.80. The predicted molar refractivity (Wildman–Crippen MR) is 133 cm³/mol. The minimum absolute atomic E-state index is 0.0268. The van der Waals surface area contributed by atoms with Crippen LogP contribution in [0.1, 0.15) is 31.4 Å². The molecule has 2 unspecified atom stereocenters. The van der Waals surface area contributed by atoms with Crippen molar-refractivity contribution in [3.63, 3.8) is 0 Å². The first-order chi connectivity index (χ1) is 16.5. The summed E-state index contributed by atoms with van der Waals surface area (Å²) in [7, 11) is -2.83. The molecule has 0 aromatic heterocycles. The Hall–Kier alpha value is -2.62. The average Bonchev–Trinajstić information content (AvgIpc) is 2.81. The lowest BCUT2D eigenvalue weighted by Gasteiger charge is -2.56. The van der Waals surface area contributed by atoms with Crippen molar-refractivity contribution >= 4 is 33.3 Å². The highest BCUT2D eigenvalue weighted by atomic mass is 35.5. The average molecular weight is 520 g/mol. The van der Waals surface area contributed by atoms with E-state index in [-0.39, 0.29) is 54.4 Å². The quantitative estimate of drug-likeness (QED) is 0.630. The van der Waals surface area contributed by atoms with E-state index in [0.29, 0.717) is 5.02 Å². The van der Waals surface area contributed by atoms with Gasteiger partial charge in [-0.15, -0.1) is 0 Å². The molecule has 2 aromatic carbocycles. The van der Waals surface area contributed by atoms with Gasteiger partial charge in [-0.2, -0.15) is 0 Å². The number of fused-ring (bicyclic) bond motifs is 1. The van der Waals surface area contributed by atoms with Crippen LogP contribution in [-0.2, 0) is 25.8 Å². The number of benzene rings is 2. The van der Waals surface area contributed by atoms with E-state index >= 15 is 0 Å². The summed E-state index contributed by atoms with van der Waals surface area (Å²) in [5.74, 6) is -0.468. The molecule has 2 aliphatic heterocycles. The van der Waals surface area contributed by atoms with Crippen LogP contribution >= 0.6 is 11.6 Å². The highest BCUT2D eigenvalue weighted by molar-refractivity contribution is 7.93. The van der Waals surface area contributed by atoms with Crippen LogP contribution in [0, 0.1) is 6.92 Å². The fourth-order valence-corrected chi connectivity index (χ4v) is 7.12. The molecule has 0 radical (unpaired) electrons. The minimum atomic E-state index is -4.24. The first kappa shape index (κ1) is 25.5. The topological polar surface area (TPSA) is 96.0 Å². The standard InChI is InChI=1S/C25H30ClN3O5S/c1-16(2)28-15-25(35(32,33)22-10-5-17(3)13-21(22)34-4)27-12-11-23(30)29(25)20(24(28)31)14-18-6-8-19(26)9-7-18/h5-10,13,16,20,27H,11-12,14-15H2,1-4H3. The second-order valence-corrected chi connectivity index (χ2v) is 11.8. The van der Waals surface area contributed by atoms with Gasteiger partial charge in [-0.25, -0.2) is 8.42 Å². The number of halogens is 1. The number of aryl methyl sites for hydroxylation is 1. The molecule has 2 heterocycles. The number of carbonyl (C=O) groups is 2. The van der Waals surface area contributed by atoms with E-state index in [1.165, 1.54) is 18.1 Å². The molecular weight excluding hydrogens is 490 g/mol. The van der Waals surface area contributed by atoms with Crippen LogP contribution in [0.2, 0.25) is 5.02 Å². The molecule has 0 aliphatic carbocycles. The molecule has 4 rings (SSSR count). The van der Waals surface area contributed by atoms with Gasteiger partial charge >= 0.3 is 0 Å². The summed E-state index contributed by atoms with van der Waals surface area (Å²) in [4.78, 5) is 28.0. The van der Waals surface area contributed by atoms with Gasteiger partial charge in [-0.05, 0) is 56.2 Å². The van der Waals surface area contributed by atoms with Gasteiger partial charge in [-0.1, -0.05) is 29.8 Å². The molecule has 2 fully saturated rings. The van der Waals surface area contributed by atoms with Gasteiger partial charge in [0.15, 0.2) is 0 Å². The predicted octanol–water partition coefficient (Wildman–Crippen LogP) is 2.77. The van der Waals surface area contributed by atoms with Crippen molar-refractivity contribution in [3.05, 3.63) is 58.6 Å². The van der Waals surface area contributed by atoms with Gasteiger partial charge in [-0.3, -0.25) is 19.8 Å². The van der Waals surface area contributed by atoms with Gasteiger partial charge in [0.1, 0.15) is 16.7 Å². The maximum absolute atomic E-state index is 14.4. The summed E-state index contributed by atoms with van der Waals surface area (Å²) in [5.41, 5.74) is 1.61. The molecular formula is C25H30ClN3O5S. The van der Waals surface area contributed by atoms with Crippen LogP contribution in [0.3, 0.4) is 0 Å². The molecule has 2 aromatic rings. The van der Waals surface area contributed by atoms with Crippen LogP contribution in [0.4, 0.5) is 0 Å². The second-order valence-electron chi connectivity index (χ2n) is 9.29. The van der Waals surface area contributed by atoms with E-state index in [2.05, 4.69) is 5.32 Å². The lowest BCUT2D eigenvalue weighted by atomic mass is 9.97. The Morgan fingerprint density at radius 2 is 1.86 bits per heavy atom. The molecule has 2 amide bonds. The molecule has 10 heteroatoms. The van der Waals surface area contributed by atoms with E-state index in [0.717, 1.165) is 11.1 Å². The number of methoxy groups -OCH3 is 1. The zero-order valence-electron chi connectivity index (χ0n) is 20.2. The van der Waals surface area contributed by atoms with E-state index in [1.807, 2.05) is 20.8 Å². The Morgan fingerprint density at radius 3 is 2.49 bits per heavy atom. The normalized spacial score (nSPS) is 23.0. The summed E-state index contributed by atoms with van der Waals surface area (Å²) in [6.45, 7) is 5.50. The second kappa shape index (κ2) is 9.44. The highest BCUT2D eigenvalue weighted by Crippen LogP contribution is 2.40. The van der Waals surface area contributed by atoms with Crippen molar-refractivity contribution in [1.29, 1.82) is 0 Å². The van der Waals surface area contributed by atoms with Gasteiger partial charge < -0.3 is 9.64 Å². The summed E-state index contributed by atoms with van der Waals surface area (Å²) < 4.78 is 34.2. The smallest absolute Gasteiger partial charge is 0.246 e. The lowest BCUT2D eigenvalue weighted by molar-refractivity contribution is -0.165. The summed E-state index contributed by atoms with van der Waals surface area (Å²) in [6.07, 6.45) is 0.253. The number of nitrogens with one attached hydrogen (secondary N) is 1. The van der Waals surface area contributed by atoms with Crippen molar-refractivity contribution in [2.75, 3.05) is 20.2 Å². The monoisotopic (exact) mass is 519 g/mol. The zero-order chi connectivity index (χ0) is 25.5. The highest BCUT2D eigenvalue weighted by Gasteiger charge is 2.62. The Kier molecular flexibility index (Phi) is 6.87. The van der Waals surface area contributed by atoms with Crippen molar-refractivity contribution in [2.24, 2.45) is 0 Å². The molecule has 8 nitrogen and oxygen atoms in total. The number of amides is 2. The number of nitrogens with zero attached hydrogens (tertiary/aromatic N) is 2. The van der Waals surface area contributed by atoms with Gasteiger partial charge in [0.25, 0.3) is 0 Å². The first-order valence-electron chi connectivity index (χ1n) is 11.5. The number of piperazine rings is 1. The van der Waals surface area contributed by atoms with Crippen LogP contribution in [0.5, 0.6) is 5.75 Å². The largest absolute Gasteiger partial charge is 0.495 e. The third kappa shape index (κ3) is 4.30. The molecule has 188 valence electrons. The third-order valence-electron chi connectivity index (χ3n) is 6.68. The third-order valence-corrected chi connectivity index (χ3v) is 9.21. The summed E-state index contributed by atoms with van der Waals surface area (Å²) in [5, 5.41) is 3.69. The molecule has 0 bridgehead atoms. The molecule has 35 heavy (non-hydrogen) atoms. The number of rotatable bonds is 6. The molecule has 1 N–H and O–H groups in total. The molecule has 2 saturated heterocycles. The first-order valence-corrected chi connectivity index (χ1v) is 13.4. The van der Waals surface area contributed by atoms with Crippen LogP contribution in [-0.4, -0.2) is 67.3 Å². The minimum Gasteiger partial charge on any atom is -0.495 e. The van der Waals surface area contributed by atoms with E-state index in [1.54, 1.807) is 41.3 Å². The van der Waals surface area contributed by atoms with Crippen molar-refractivity contribution < 1.29 is 22.7 Å². The van der Waals surface area contributed by atoms with Gasteiger partial charge in [0, 0.05) is 30.5 Å². The Bertz CT molecular complexity index is 1250. The van der Waals surface area contributed by atoms with Crippen LogP contribution in [0.15, 0.2) is 47.4 Å². The van der Waals surface area contributed by atoms with Crippen molar-refractivity contribution in [1.82, 2.24) is 15.1 Å². The fraction of sp³-hybridized carbons (Fsp3) is 0.440. The Morgan fingerprint density at radius 1 is 1.17 bits per heavy atom. The van der Waals surface area contributed by atoms with Crippen LogP contribution < -0.4 is 10.1 Å². The van der Waals surface area contributed by atoms with Crippen LogP contribution in [0.25, 0.3) is 0 Å². The molecule has 2 atom stereocenters. The van der Waals surface area contributed by atoms with Crippen molar-refractivity contribution in [2.45, 2.75) is 55.6 Å². The zero-order valence-corrected chi connectivity index (χ0v) is 21.8. The van der Waals surface area contributed by atoms with Crippen molar-refractivity contribution in [3.8, 4) is 5.75 Å². The number of hydrogen-bond acceptors (Lipinski definition) is 6. The number of carbonyl (C=O) groups excluding carboxylic acids is 2. The maximum atomic E-state index is 14.4.